The normalized spacial score (nSPS) is 19.9. The molecule has 0 radical (unpaired) electrons. The Morgan fingerprint density at radius 2 is 2.17 bits per heavy atom. The summed E-state index contributed by atoms with van der Waals surface area (Å²) >= 11 is 1.12. The summed E-state index contributed by atoms with van der Waals surface area (Å²) < 4.78 is 37.1. The first-order valence-corrected chi connectivity index (χ1v) is 8.25. The smallest absolute Gasteiger partial charge is 0.731 e. The molecule has 1 fully saturated rings. The van der Waals surface area contributed by atoms with Crippen LogP contribution in [0.25, 0.3) is 0 Å². The third-order valence-electron chi connectivity index (χ3n) is 2.96. The van der Waals surface area contributed by atoms with Crippen LogP contribution in [-0.4, -0.2) is 59.2 Å². The number of thiazole rings is 1. The molecule has 0 bridgehead atoms. The quantitative estimate of drug-likeness (QED) is 0.217. The molecule has 0 spiro atoms. The van der Waals surface area contributed by atoms with Gasteiger partial charge >= 0.3 is 35.5 Å². The van der Waals surface area contributed by atoms with E-state index in [4.69, 9.17) is 5.73 Å². The number of hydrogen-bond acceptors (Lipinski definition) is 10. The van der Waals surface area contributed by atoms with Crippen molar-refractivity contribution in [3.63, 3.8) is 0 Å². The predicted octanol–water partition coefficient (Wildman–Crippen LogP) is -5.40. The van der Waals surface area contributed by atoms with Crippen molar-refractivity contribution >= 4 is 44.6 Å². The number of nitrogen functional groups attached to an aromatic ring is 1. The number of nitrogens with one attached hydrogen (secondary N) is 1. The topological polar surface area (TPSA) is 172 Å². The summed E-state index contributed by atoms with van der Waals surface area (Å²) in [7, 11) is -4.23. The number of rotatable bonds is 5. The van der Waals surface area contributed by atoms with Crippen LogP contribution in [-0.2, 0) is 35.8 Å². The molecule has 24 heavy (non-hydrogen) atoms. The van der Waals surface area contributed by atoms with E-state index in [1.54, 1.807) is 0 Å². The maximum atomic E-state index is 11.8. The maximum Gasteiger partial charge on any atom is 1.00 e. The van der Waals surface area contributed by atoms with Crippen LogP contribution in [0, 0.1) is 0 Å². The molecule has 1 aliphatic rings. The first-order valence-electron chi connectivity index (χ1n) is 6.01. The molecule has 2 amide bonds. The molecule has 0 aliphatic carbocycles. The number of esters is 1. The minimum absolute atomic E-state index is 0. The van der Waals surface area contributed by atoms with Gasteiger partial charge in [0.25, 0.3) is 5.91 Å². The molecule has 2 unspecified atom stereocenters. The van der Waals surface area contributed by atoms with Crippen molar-refractivity contribution in [1.82, 2.24) is 14.6 Å². The Morgan fingerprint density at radius 1 is 1.54 bits per heavy atom. The average Bonchev–Trinajstić information content (AvgIpc) is 2.84. The molecular weight excluding hydrogens is 375 g/mol. The zero-order chi connectivity index (χ0) is 17.4. The zero-order valence-electron chi connectivity index (χ0n) is 12.6. The Bertz CT molecular complexity index is 765. The second-order valence-corrected chi connectivity index (χ2v) is 6.60. The largest absolute Gasteiger partial charge is 1.00 e. The van der Waals surface area contributed by atoms with Crippen molar-refractivity contribution < 1.29 is 61.6 Å². The molecule has 3 N–H and O–H groups in total. The maximum absolute atomic E-state index is 11.8. The molecule has 1 saturated heterocycles. The van der Waals surface area contributed by atoms with Crippen LogP contribution in [0.5, 0.6) is 0 Å². The monoisotopic (exact) mass is 386 g/mol. The van der Waals surface area contributed by atoms with Crippen molar-refractivity contribution in [3.8, 4) is 0 Å². The Morgan fingerprint density at radius 3 is 2.62 bits per heavy atom. The fourth-order valence-electron chi connectivity index (χ4n) is 2.00. The fraction of sp³-hybridized carbons (Fsp3) is 0.400. The van der Waals surface area contributed by atoms with Crippen LogP contribution >= 0.6 is 11.3 Å². The standard InChI is InChI=1S/C10H12N4O7S2.Na/c1-21-9(17)7-6(8(16)14(7)23(18,19)20)13-5(15)2-4-3-22-10(11)12-4;/h3,6-7H,2H2,1H3,(H2,11,12)(H,13,15)(H,18,19,20);/q;+1/p-1. The molecule has 2 atom stereocenters. The summed E-state index contributed by atoms with van der Waals surface area (Å²) in [5.41, 5.74) is 5.76. The van der Waals surface area contributed by atoms with Gasteiger partial charge in [0, 0.05) is 5.38 Å². The Labute approximate surface area is 162 Å². The molecule has 2 heterocycles. The van der Waals surface area contributed by atoms with Crippen molar-refractivity contribution in [1.29, 1.82) is 0 Å². The molecule has 126 valence electrons. The molecule has 14 heteroatoms. The van der Waals surface area contributed by atoms with E-state index in [1.165, 1.54) is 5.38 Å². The van der Waals surface area contributed by atoms with Crippen LogP contribution < -0.4 is 40.6 Å². The summed E-state index contributed by atoms with van der Waals surface area (Å²) in [5, 5.41) is 3.97. The summed E-state index contributed by atoms with van der Waals surface area (Å²) in [4.78, 5) is 39.0. The molecule has 1 aromatic heterocycles. The van der Waals surface area contributed by atoms with E-state index < -0.39 is 40.2 Å². The van der Waals surface area contributed by atoms with Gasteiger partial charge in [0.05, 0.1) is 19.2 Å². The molecular formula is C10H11N4NaO7S2. The van der Waals surface area contributed by atoms with Crippen LogP contribution in [0.2, 0.25) is 0 Å². The van der Waals surface area contributed by atoms with Crippen molar-refractivity contribution in [3.05, 3.63) is 11.1 Å². The van der Waals surface area contributed by atoms with Gasteiger partial charge in [-0.15, -0.1) is 11.3 Å². The van der Waals surface area contributed by atoms with E-state index in [2.05, 4.69) is 15.0 Å². The number of ether oxygens (including phenoxy) is 1. The summed E-state index contributed by atoms with van der Waals surface area (Å²) in [6, 6.07) is -3.21. The van der Waals surface area contributed by atoms with E-state index in [1.807, 2.05) is 0 Å². The SMILES string of the molecule is COC(=O)C1C(NC(=O)Cc2csc(N)n2)C(=O)N1S(=O)(=O)[O-].[Na+]. The van der Waals surface area contributed by atoms with Gasteiger partial charge in [0.2, 0.25) is 5.91 Å². The van der Waals surface area contributed by atoms with Crippen LogP contribution in [0.4, 0.5) is 5.13 Å². The minimum Gasteiger partial charge on any atom is -0.731 e. The molecule has 2 rings (SSSR count). The van der Waals surface area contributed by atoms with Gasteiger partial charge in [-0.05, 0) is 0 Å². The summed E-state index contributed by atoms with van der Waals surface area (Å²) in [5.74, 6) is -3.03. The number of anilines is 1. The van der Waals surface area contributed by atoms with Gasteiger partial charge < -0.3 is 20.3 Å². The number of carbonyl (C=O) groups is 3. The Kier molecular flexibility index (Phi) is 6.72. The molecule has 1 aromatic rings. The van der Waals surface area contributed by atoms with Crippen molar-refractivity contribution in [2.75, 3.05) is 12.8 Å². The number of hydrogen-bond donors (Lipinski definition) is 2. The molecule has 1 aliphatic heterocycles. The number of methoxy groups -OCH3 is 1. The van der Waals surface area contributed by atoms with Crippen molar-refractivity contribution in [2.24, 2.45) is 0 Å². The predicted molar refractivity (Wildman–Crippen MR) is 74.5 cm³/mol. The molecule has 11 nitrogen and oxygen atoms in total. The van der Waals surface area contributed by atoms with Crippen LogP contribution in [0.1, 0.15) is 5.69 Å². The summed E-state index contributed by atoms with van der Waals surface area (Å²) in [6.45, 7) is 0. The van der Waals surface area contributed by atoms with E-state index in [0.717, 1.165) is 18.4 Å². The number of nitrogens with zero attached hydrogens (tertiary/aromatic N) is 2. The van der Waals surface area contributed by atoms with E-state index in [9.17, 15) is 27.4 Å². The molecule has 0 saturated carbocycles. The Balaban J connectivity index is 0.00000288. The van der Waals surface area contributed by atoms with Gasteiger partial charge in [-0.25, -0.2) is 22.5 Å². The second kappa shape index (κ2) is 7.76. The van der Waals surface area contributed by atoms with Gasteiger partial charge in [0.15, 0.2) is 21.5 Å². The number of aromatic nitrogens is 1. The van der Waals surface area contributed by atoms with E-state index >= 15 is 0 Å². The number of nitrogens with two attached hydrogens (primary N) is 1. The average molecular weight is 386 g/mol. The summed E-state index contributed by atoms with van der Waals surface area (Å²) in [6.07, 6.45) is -0.227. The van der Waals surface area contributed by atoms with E-state index in [0.29, 0.717) is 5.69 Å². The van der Waals surface area contributed by atoms with Gasteiger partial charge in [-0.1, -0.05) is 0 Å². The zero-order valence-corrected chi connectivity index (χ0v) is 16.2. The number of amides is 2. The molecule has 0 aromatic carbocycles. The minimum atomic E-state index is -5.19. The fourth-order valence-corrected chi connectivity index (χ4v) is 3.38. The second-order valence-electron chi connectivity index (χ2n) is 4.46. The first-order chi connectivity index (χ1) is 10.6. The Hall–Kier alpha value is -1.25. The van der Waals surface area contributed by atoms with Gasteiger partial charge in [-0.3, -0.25) is 9.59 Å². The van der Waals surface area contributed by atoms with E-state index in [-0.39, 0.29) is 45.4 Å². The van der Waals surface area contributed by atoms with Crippen LogP contribution in [0.15, 0.2) is 5.38 Å². The number of β-lactam (4-membered cyclic amide) rings is 1. The third kappa shape index (κ3) is 4.23. The van der Waals surface area contributed by atoms with Gasteiger partial charge in [-0.2, -0.15) is 0 Å². The van der Waals surface area contributed by atoms with Crippen LogP contribution in [0.3, 0.4) is 0 Å². The van der Waals surface area contributed by atoms with Gasteiger partial charge in [0.1, 0.15) is 6.04 Å². The first kappa shape index (κ1) is 20.8. The van der Waals surface area contributed by atoms with Crippen molar-refractivity contribution in [2.45, 2.75) is 18.5 Å². The third-order valence-corrected chi connectivity index (χ3v) is 4.57. The number of carbonyl (C=O) groups excluding carboxylic acids is 3.